The van der Waals surface area contributed by atoms with Gasteiger partial charge in [-0.1, -0.05) is 12.1 Å². The van der Waals surface area contributed by atoms with Gasteiger partial charge in [0, 0.05) is 18.4 Å². The molecule has 2 heterocycles. The molecule has 1 aromatic carbocycles. The zero-order chi connectivity index (χ0) is 17.1. The molecule has 0 aromatic heterocycles. The van der Waals surface area contributed by atoms with Crippen molar-refractivity contribution in [2.24, 2.45) is 5.16 Å². The molecule has 2 aliphatic heterocycles. The predicted octanol–water partition coefficient (Wildman–Crippen LogP) is 4.08. The van der Waals surface area contributed by atoms with Gasteiger partial charge in [0.05, 0.1) is 31.6 Å². The van der Waals surface area contributed by atoms with Gasteiger partial charge in [-0.15, -0.1) is 0 Å². The van der Waals surface area contributed by atoms with E-state index in [-0.39, 0.29) is 5.60 Å². The monoisotopic (exact) mass is 345 g/mol. The number of benzene rings is 1. The summed E-state index contributed by atoms with van der Waals surface area (Å²) >= 11 is 0. The van der Waals surface area contributed by atoms with Crippen LogP contribution >= 0.6 is 0 Å². The second kappa shape index (κ2) is 7.24. The van der Waals surface area contributed by atoms with Crippen LogP contribution in [0.25, 0.3) is 0 Å². The number of hydrogen-bond acceptors (Lipinski definition) is 5. The van der Waals surface area contributed by atoms with E-state index in [1.54, 1.807) is 0 Å². The van der Waals surface area contributed by atoms with Crippen molar-refractivity contribution in [1.29, 1.82) is 0 Å². The van der Waals surface area contributed by atoms with E-state index < -0.39 is 0 Å². The van der Waals surface area contributed by atoms with E-state index in [1.807, 2.05) is 6.07 Å². The summed E-state index contributed by atoms with van der Waals surface area (Å²) in [5.41, 5.74) is 1.78. The standard InChI is InChI=1S/C20H27NO4/c1-2-10-23-18-8-7-15(12-19(18)24-16-5-3-4-6-16)17-13-20(25-21-17)9-11-22-14-20/h7-8,12,16H,2-6,9-11,13-14H2,1H3. The Morgan fingerprint density at radius 2 is 2.12 bits per heavy atom. The first-order valence-electron chi connectivity index (χ1n) is 9.55. The molecule has 1 aliphatic carbocycles. The van der Waals surface area contributed by atoms with Gasteiger partial charge in [0.15, 0.2) is 17.1 Å². The molecular formula is C20H27NO4. The predicted molar refractivity (Wildman–Crippen MR) is 95.5 cm³/mol. The summed E-state index contributed by atoms with van der Waals surface area (Å²) in [5, 5.41) is 4.35. The van der Waals surface area contributed by atoms with Crippen molar-refractivity contribution in [2.45, 2.75) is 63.6 Å². The van der Waals surface area contributed by atoms with E-state index in [9.17, 15) is 0 Å². The normalized spacial score (nSPS) is 26.0. The van der Waals surface area contributed by atoms with Crippen LogP contribution in [-0.4, -0.2) is 37.2 Å². The van der Waals surface area contributed by atoms with Crippen molar-refractivity contribution >= 4 is 5.71 Å². The molecule has 5 nitrogen and oxygen atoms in total. The van der Waals surface area contributed by atoms with E-state index in [2.05, 4.69) is 24.2 Å². The Morgan fingerprint density at radius 3 is 2.88 bits per heavy atom. The Balaban J connectivity index is 1.54. The van der Waals surface area contributed by atoms with Crippen molar-refractivity contribution in [3.63, 3.8) is 0 Å². The van der Waals surface area contributed by atoms with Gasteiger partial charge in [0.1, 0.15) is 0 Å². The zero-order valence-electron chi connectivity index (χ0n) is 15.0. The van der Waals surface area contributed by atoms with Gasteiger partial charge < -0.3 is 19.0 Å². The molecule has 4 rings (SSSR count). The van der Waals surface area contributed by atoms with Crippen molar-refractivity contribution in [1.82, 2.24) is 0 Å². The lowest BCUT2D eigenvalue weighted by molar-refractivity contribution is -0.0237. The number of oxime groups is 1. The Morgan fingerprint density at radius 1 is 1.24 bits per heavy atom. The molecule has 1 atom stereocenters. The molecule has 1 unspecified atom stereocenters. The van der Waals surface area contributed by atoms with Crippen molar-refractivity contribution < 1.29 is 19.0 Å². The summed E-state index contributed by atoms with van der Waals surface area (Å²) in [6, 6.07) is 6.14. The Hall–Kier alpha value is -1.75. The van der Waals surface area contributed by atoms with E-state index >= 15 is 0 Å². The van der Waals surface area contributed by atoms with Gasteiger partial charge in [-0.3, -0.25) is 0 Å². The molecule has 1 saturated carbocycles. The molecule has 1 saturated heterocycles. The highest BCUT2D eigenvalue weighted by molar-refractivity contribution is 6.02. The minimum absolute atomic E-state index is 0.251. The summed E-state index contributed by atoms with van der Waals surface area (Å²) in [5.74, 6) is 1.67. The van der Waals surface area contributed by atoms with Crippen molar-refractivity contribution in [2.75, 3.05) is 19.8 Å². The summed E-state index contributed by atoms with van der Waals surface area (Å²) in [6.45, 7) is 4.19. The Labute approximate surface area is 149 Å². The Kier molecular flexibility index (Phi) is 4.84. The van der Waals surface area contributed by atoms with Crippen LogP contribution in [0.15, 0.2) is 23.4 Å². The average Bonchev–Trinajstić information content (AvgIpc) is 3.38. The highest BCUT2D eigenvalue weighted by atomic mass is 16.7. The summed E-state index contributed by atoms with van der Waals surface area (Å²) in [4.78, 5) is 5.73. The van der Waals surface area contributed by atoms with Crippen LogP contribution in [0.5, 0.6) is 11.5 Å². The molecule has 136 valence electrons. The number of hydrogen-bond donors (Lipinski definition) is 0. The maximum Gasteiger partial charge on any atom is 0.168 e. The van der Waals surface area contributed by atoms with E-state index in [0.29, 0.717) is 19.3 Å². The van der Waals surface area contributed by atoms with E-state index in [4.69, 9.17) is 19.0 Å². The van der Waals surface area contributed by atoms with Gasteiger partial charge in [-0.05, 0) is 50.3 Å². The van der Waals surface area contributed by atoms with E-state index in [0.717, 1.165) is 61.5 Å². The highest BCUT2D eigenvalue weighted by Crippen LogP contribution is 2.37. The number of nitrogens with zero attached hydrogens (tertiary/aromatic N) is 1. The van der Waals surface area contributed by atoms with Gasteiger partial charge >= 0.3 is 0 Å². The zero-order valence-corrected chi connectivity index (χ0v) is 15.0. The van der Waals surface area contributed by atoms with Gasteiger partial charge in [-0.2, -0.15) is 0 Å². The largest absolute Gasteiger partial charge is 0.490 e. The van der Waals surface area contributed by atoms with Crippen LogP contribution in [-0.2, 0) is 9.57 Å². The van der Waals surface area contributed by atoms with Crippen molar-refractivity contribution in [3.05, 3.63) is 23.8 Å². The summed E-state index contributed by atoms with van der Waals surface area (Å²) in [7, 11) is 0. The lowest BCUT2D eigenvalue weighted by Gasteiger charge is -2.19. The molecule has 0 amide bonds. The fraction of sp³-hybridized carbons (Fsp3) is 0.650. The summed E-state index contributed by atoms with van der Waals surface area (Å²) < 4.78 is 17.7. The van der Waals surface area contributed by atoms with Crippen LogP contribution < -0.4 is 9.47 Å². The maximum atomic E-state index is 6.28. The van der Waals surface area contributed by atoms with Crippen LogP contribution in [0.3, 0.4) is 0 Å². The molecular weight excluding hydrogens is 318 g/mol. The third-order valence-electron chi connectivity index (χ3n) is 5.24. The minimum atomic E-state index is -0.251. The molecule has 2 fully saturated rings. The lowest BCUT2D eigenvalue weighted by Crippen LogP contribution is -2.29. The molecule has 0 N–H and O–H groups in total. The fourth-order valence-corrected chi connectivity index (χ4v) is 3.77. The first kappa shape index (κ1) is 16.7. The SMILES string of the molecule is CCCOc1ccc(C2=NOC3(CCOC3)C2)cc1OC1CCCC1. The van der Waals surface area contributed by atoms with Crippen LogP contribution in [0.1, 0.15) is 57.4 Å². The molecule has 1 spiro atoms. The van der Waals surface area contributed by atoms with Gasteiger partial charge in [0.2, 0.25) is 0 Å². The Bertz CT molecular complexity index is 631. The van der Waals surface area contributed by atoms with E-state index in [1.165, 1.54) is 12.8 Å². The molecule has 5 heteroatoms. The minimum Gasteiger partial charge on any atom is -0.490 e. The first-order chi connectivity index (χ1) is 12.3. The van der Waals surface area contributed by atoms with Crippen LogP contribution in [0.4, 0.5) is 0 Å². The summed E-state index contributed by atoms with van der Waals surface area (Å²) in [6.07, 6.45) is 7.73. The molecule has 3 aliphatic rings. The van der Waals surface area contributed by atoms with Gasteiger partial charge in [0.25, 0.3) is 0 Å². The highest BCUT2D eigenvalue weighted by Gasteiger charge is 2.43. The lowest BCUT2D eigenvalue weighted by atomic mass is 9.93. The second-order valence-electron chi connectivity index (χ2n) is 7.33. The second-order valence-corrected chi connectivity index (χ2v) is 7.33. The molecule has 25 heavy (non-hydrogen) atoms. The molecule has 0 bridgehead atoms. The van der Waals surface area contributed by atoms with Crippen molar-refractivity contribution in [3.8, 4) is 11.5 Å². The number of ether oxygens (including phenoxy) is 3. The smallest absolute Gasteiger partial charge is 0.168 e. The topological polar surface area (TPSA) is 49.3 Å². The van der Waals surface area contributed by atoms with Crippen LogP contribution in [0.2, 0.25) is 0 Å². The molecule has 1 aromatic rings. The fourth-order valence-electron chi connectivity index (χ4n) is 3.77. The third kappa shape index (κ3) is 3.61. The van der Waals surface area contributed by atoms with Crippen LogP contribution in [0, 0.1) is 0 Å². The number of rotatable bonds is 6. The third-order valence-corrected chi connectivity index (χ3v) is 5.24. The average molecular weight is 345 g/mol. The molecule has 0 radical (unpaired) electrons. The maximum absolute atomic E-state index is 6.28. The van der Waals surface area contributed by atoms with Gasteiger partial charge in [-0.25, -0.2) is 0 Å². The first-order valence-corrected chi connectivity index (χ1v) is 9.55. The quantitative estimate of drug-likeness (QED) is 0.779.